The molecule has 0 bridgehead atoms. The Labute approximate surface area is 235 Å². The molecular formula is C19H33N3O19S. The highest BCUT2D eigenvalue weighted by molar-refractivity contribution is 7.82. The van der Waals surface area contributed by atoms with Crippen molar-refractivity contribution in [2.45, 2.75) is 90.8 Å². The quantitative estimate of drug-likeness (QED) is 0.117. The van der Waals surface area contributed by atoms with Crippen LogP contribution in [0, 0.1) is 0 Å². The smallest absolute Gasteiger partial charge is 0.405 e. The summed E-state index contributed by atoms with van der Waals surface area (Å²) in [6.07, 6.45) is -15.5. The molecule has 244 valence electrons. The number of carboxylic acids is 1. The Bertz CT molecular complexity index is 1120. The van der Waals surface area contributed by atoms with Crippen LogP contribution in [0.2, 0.25) is 0 Å². The topological polar surface area (TPSA) is 376 Å². The van der Waals surface area contributed by atoms with E-state index >= 15 is 0 Å². The maximum atomic E-state index is 12.1. The molecule has 0 aromatic carbocycles. The van der Waals surface area contributed by atoms with E-state index in [9.17, 15) is 59.2 Å². The van der Waals surface area contributed by atoms with Gasteiger partial charge in [-0.3, -0.25) is 0 Å². The summed E-state index contributed by atoms with van der Waals surface area (Å²) in [5.41, 5.74) is 14.0. The highest BCUT2D eigenvalue weighted by atomic mass is 32.3. The van der Waals surface area contributed by atoms with Gasteiger partial charge in [0.1, 0.15) is 42.7 Å². The molecule has 0 aromatic rings. The van der Waals surface area contributed by atoms with E-state index in [1.165, 1.54) is 0 Å². The third-order valence-electron chi connectivity index (χ3n) is 7.52. The first kappa shape index (κ1) is 33.6. The van der Waals surface area contributed by atoms with E-state index in [1.807, 2.05) is 0 Å². The van der Waals surface area contributed by atoms with Crippen molar-refractivity contribution < 1.29 is 91.2 Å². The molecule has 0 radical (unpaired) electrons. The van der Waals surface area contributed by atoms with E-state index in [4.69, 9.17) is 40.9 Å². The first-order valence-electron chi connectivity index (χ1n) is 12.2. The predicted molar refractivity (Wildman–Crippen MR) is 123 cm³/mol. The lowest BCUT2D eigenvalue weighted by Gasteiger charge is -2.53. The summed E-state index contributed by atoms with van der Waals surface area (Å²) in [4.78, 5) is 12.1. The van der Waals surface area contributed by atoms with Gasteiger partial charge >= 0.3 is 16.4 Å². The van der Waals surface area contributed by atoms with Gasteiger partial charge in [0.15, 0.2) is 18.9 Å². The number of aliphatic hydroxyl groups is 8. The zero-order valence-corrected chi connectivity index (χ0v) is 22.1. The van der Waals surface area contributed by atoms with Gasteiger partial charge in [0.25, 0.3) is 17.2 Å². The number of nitrogens with two attached hydrogens (primary N) is 3. The van der Waals surface area contributed by atoms with Gasteiger partial charge in [-0.05, 0) is 0 Å². The number of aliphatic carboxylic acids is 1. The fourth-order valence-electron chi connectivity index (χ4n) is 5.09. The molecular weight excluding hydrogens is 606 g/mol. The molecule has 0 saturated carbocycles. The SMILES string of the molecule is N[C@H]1[C@H](OC2[C@@H](CO)O[C@@H](O)[C@H](N)[C@H]2O)O[C@H](CO)C(O[C@H]2O[C@@](CO)(C(=O)O)[C@]3(O)OS(=O)(=O)O[C@]3(O)[C@@H]2N)[C@@H]1O. The minimum Gasteiger partial charge on any atom is -0.479 e. The van der Waals surface area contributed by atoms with Gasteiger partial charge in [-0.2, -0.15) is 8.42 Å². The number of aliphatic hydroxyl groups excluding tert-OH is 6. The van der Waals surface area contributed by atoms with Crippen LogP contribution in [0.5, 0.6) is 0 Å². The number of carboxylic acid groups (broad SMARTS) is 1. The summed E-state index contributed by atoms with van der Waals surface area (Å²) in [5, 5.41) is 92.2. The molecule has 42 heavy (non-hydrogen) atoms. The highest BCUT2D eigenvalue weighted by Crippen LogP contribution is 2.52. The Morgan fingerprint density at radius 2 is 1.36 bits per heavy atom. The predicted octanol–water partition coefficient (Wildman–Crippen LogP) is -9.27. The van der Waals surface area contributed by atoms with Crippen molar-refractivity contribution in [2.24, 2.45) is 17.2 Å². The van der Waals surface area contributed by atoms with Gasteiger partial charge in [0.2, 0.25) is 0 Å². The highest BCUT2D eigenvalue weighted by Gasteiger charge is 2.83. The van der Waals surface area contributed by atoms with E-state index in [2.05, 4.69) is 8.37 Å². The summed E-state index contributed by atoms with van der Waals surface area (Å²) in [6, 6.07) is -5.36. The second kappa shape index (κ2) is 11.6. The van der Waals surface area contributed by atoms with E-state index < -0.39 is 127 Å². The van der Waals surface area contributed by atoms with Crippen LogP contribution in [0.15, 0.2) is 0 Å². The van der Waals surface area contributed by atoms with Gasteiger partial charge in [0, 0.05) is 0 Å². The van der Waals surface area contributed by atoms with E-state index in [1.54, 1.807) is 0 Å². The second-order valence-corrected chi connectivity index (χ2v) is 11.2. The fourth-order valence-corrected chi connectivity index (χ4v) is 6.21. The van der Waals surface area contributed by atoms with E-state index in [0.717, 1.165) is 0 Å². The van der Waals surface area contributed by atoms with Crippen molar-refractivity contribution in [1.82, 2.24) is 0 Å². The minimum atomic E-state index is -5.34. The molecule has 4 rings (SSSR count). The van der Waals surface area contributed by atoms with Gasteiger partial charge in [0.05, 0.1) is 31.9 Å². The minimum absolute atomic E-state index is 0.769. The summed E-state index contributed by atoms with van der Waals surface area (Å²) >= 11 is 0. The average Bonchev–Trinajstić information content (AvgIpc) is 3.13. The van der Waals surface area contributed by atoms with Crippen molar-refractivity contribution in [2.75, 3.05) is 19.8 Å². The average molecular weight is 640 g/mol. The summed E-state index contributed by atoms with van der Waals surface area (Å²) in [5.74, 6) is -9.78. The summed E-state index contributed by atoms with van der Waals surface area (Å²) in [7, 11) is -5.34. The van der Waals surface area contributed by atoms with Gasteiger partial charge < -0.3 is 86.8 Å². The number of hydrogen-bond donors (Lipinski definition) is 12. The zero-order valence-electron chi connectivity index (χ0n) is 21.3. The maximum absolute atomic E-state index is 12.1. The van der Waals surface area contributed by atoms with Crippen molar-refractivity contribution in [1.29, 1.82) is 0 Å². The van der Waals surface area contributed by atoms with Crippen molar-refractivity contribution >= 4 is 16.4 Å². The number of carbonyl (C=O) groups is 1. The molecule has 15 atom stereocenters. The van der Waals surface area contributed by atoms with Crippen LogP contribution in [-0.2, 0) is 47.2 Å². The fraction of sp³-hybridized carbons (Fsp3) is 0.947. The lowest BCUT2D eigenvalue weighted by Crippen LogP contribution is -2.83. The van der Waals surface area contributed by atoms with Gasteiger partial charge in [-0.25, -0.2) is 13.2 Å². The largest absolute Gasteiger partial charge is 0.479 e. The molecule has 23 heteroatoms. The summed E-state index contributed by atoms with van der Waals surface area (Å²) in [6.45, 7) is -3.49. The van der Waals surface area contributed by atoms with Crippen molar-refractivity contribution in [3.63, 3.8) is 0 Å². The Hall–Kier alpha value is -1.30. The van der Waals surface area contributed by atoms with Crippen LogP contribution in [0.3, 0.4) is 0 Å². The number of ether oxygens (including phenoxy) is 5. The molecule has 0 aromatic heterocycles. The Kier molecular flexibility index (Phi) is 9.25. The van der Waals surface area contributed by atoms with Gasteiger partial charge in [-0.1, -0.05) is 0 Å². The van der Waals surface area contributed by atoms with Crippen LogP contribution >= 0.6 is 0 Å². The van der Waals surface area contributed by atoms with Crippen LogP contribution < -0.4 is 17.2 Å². The normalized spacial score (nSPS) is 52.5. The van der Waals surface area contributed by atoms with Crippen LogP contribution in [0.25, 0.3) is 0 Å². The van der Waals surface area contributed by atoms with Crippen molar-refractivity contribution in [3.05, 3.63) is 0 Å². The molecule has 0 amide bonds. The molecule has 4 saturated heterocycles. The first-order valence-corrected chi connectivity index (χ1v) is 13.5. The lowest BCUT2D eigenvalue weighted by molar-refractivity contribution is -0.441. The molecule has 4 fully saturated rings. The van der Waals surface area contributed by atoms with E-state index in [-0.39, 0.29) is 0 Å². The van der Waals surface area contributed by atoms with Crippen LogP contribution in [0.1, 0.15) is 0 Å². The van der Waals surface area contributed by atoms with Gasteiger partial charge in [-0.15, -0.1) is 0 Å². The van der Waals surface area contributed by atoms with Crippen LogP contribution in [-0.4, -0.2) is 171 Å². The molecule has 0 spiro atoms. The third-order valence-corrected chi connectivity index (χ3v) is 8.42. The Balaban J connectivity index is 1.60. The lowest BCUT2D eigenvalue weighted by atomic mass is 9.80. The standard InChI is InChI=1S/C19H33N3O19S/c20-6-8(26)10(4(1-23)35-13(6)28)37-14-7(21)9(27)11(5(2-24)36-14)38-15-12(22)18(31)19(32,41-42(33,34)40-18)17(3-25,39-15)16(29)30/h4-15,23-28,31-32H,1-3,20-22H2,(H,29,30)/t4-,5-,6-,7-,8-,9-,10?,11?,12-,13-,14+,15+,17+,18-,19+/m1/s1. The van der Waals surface area contributed by atoms with E-state index in [0.29, 0.717) is 0 Å². The Morgan fingerprint density at radius 1 is 0.833 bits per heavy atom. The maximum Gasteiger partial charge on any atom is 0.405 e. The number of hydrogen-bond acceptors (Lipinski definition) is 21. The third kappa shape index (κ3) is 5.02. The molecule has 2 unspecified atom stereocenters. The number of fused-ring (bicyclic) bond motifs is 1. The van der Waals surface area contributed by atoms with Crippen LogP contribution in [0.4, 0.5) is 0 Å². The Morgan fingerprint density at radius 3 is 1.88 bits per heavy atom. The molecule has 22 nitrogen and oxygen atoms in total. The monoisotopic (exact) mass is 639 g/mol. The number of rotatable bonds is 8. The zero-order chi connectivity index (χ0) is 31.6. The second-order valence-electron chi connectivity index (χ2n) is 10.0. The summed E-state index contributed by atoms with van der Waals surface area (Å²) < 4.78 is 59.5. The molecule has 4 heterocycles. The molecule has 15 N–H and O–H groups in total. The first-order chi connectivity index (χ1) is 19.4. The molecule has 4 aliphatic rings. The molecule has 4 aliphatic heterocycles. The molecule has 0 aliphatic carbocycles. The van der Waals surface area contributed by atoms with Crippen molar-refractivity contribution in [3.8, 4) is 0 Å².